The number of hydrogen-bond acceptors (Lipinski definition) is 7. The molecule has 0 spiro atoms. The monoisotopic (exact) mass is 489 g/mol. The average Bonchev–Trinajstić information content (AvgIpc) is 2.84. The molecule has 1 amide bonds. The van der Waals surface area contributed by atoms with E-state index in [0.717, 1.165) is 11.8 Å². The minimum atomic E-state index is -3.81. The molecule has 11 heteroatoms. The Kier molecular flexibility index (Phi) is 7.78. The van der Waals surface area contributed by atoms with E-state index in [9.17, 15) is 23.3 Å². The summed E-state index contributed by atoms with van der Waals surface area (Å²) in [6, 6.07) is 11.4. The molecule has 0 aromatic heterocycles. The number of carbonyl (C=O) groups excluding carboxylic acids is 1. The standard InChI is InChI=1S/C23H31N5O5S/c1-5-27(6-2)34(32,33)20-10-11-21(22(17-20)28(30)31)25-12-14-26(15-13-25)23(29)18-8-7-9-19(16-18)24(3)4/h7-11,16-17H,5-6,12-15H2,1-4H3. The van der Waals surface area contributed by atoms with Gasteiger partial charge in [-0.25, -0.2) is 8.42 Å². The van der Waals surface area contributed by atoms with Crippen LogP contribution in [0.2, 0.25) is 0 Å². The molecule has 2 aromatic rings. The second kappa shape index (κ2) is 10.4. The number of nitrogens with zero attached hydrogens (tertiary/aromatic N) is 5. The van der Waals surface area contributed by atoms with Crippen LogP contribution in [0.3, 0.4) is 0 Å². The van der Waals surface area contributed by atoms with E-state index in [1.54, 1.807) is 24.8 Å². The van der Waals surface area contributed by atoms with Crippen molar-refractivity contribution in [2.75, 3.05) is 63.2 Å². The van der Waals surface area contributed by atoms with Gasteiger partial charge >= 0.3 is 0 Å². The van der Waals surface area contributed by atoms with Crippen LogP contribution in [0.5, 0.6) is 0 Å². The Hall–Kier alpha value is -3.18. The maximum absolute atomic E-state index is 13.0. The number of benzene rings is 2. The fraction of sp³-hybridized carbons (Fsp3) is 0.435. The number of carbonyl (C=O) groups is 1. The molecule has 1 saturated heterocycles. The van der Waals surface area contributed by atoms with Crippen molar-refractivity contribution in [2.45, 2.75) is 18.7 Å². The van der Waals surface area contributed by atoms with Crippen molar-refractivity contribution in [1.82, 2.24) is 9.21 Å². The number of rotatable bonds is 8. The van der Waals surface area contributed by atoms with Crippen molar-refractivity contribution in [3.05, 3.63) is 58.1 Å². The van der Waals surface area contributed by atoms with Crippen molar-refractivity contribution in [3.63, 3.8) is 0 Å². The summed E-state index contributed by atoms with van der Waals surface area (Å²) in [5.74, 6) is -0.0847. The number of amides is 1. The van der Waals surface area contributed by atoms with Crippen LogP contribution >= 0.6 is 0 Å². The third-order valence-corrected chi connectivity index (χ3v) is 8.05. The maximum atomic E-state index is 13.0. The summed E-state index contributed by atoms with van der Waals surface area (Å²) in [5.41, 5.74) is 1.62. The van der Waals surface area contributed by atoms with E-state index in [-0.39, 0.29) is 29.6 Å². The summed E-state index contributed by atoms with van der Waals surface area (Å²) in [6.07, 6.45) is 0. The van der Waals surface area contributed by atoms with Gasteiger partial charge in [0.2, 0.25) is 10.0 Å². The average molecular weight is 490 g/mol. The third-order valence-electron chi connectivity index (χ3n) is 6.00. The summed E-state index contributed by atoms with van der Waals surface area (Å²) < 4.78 is 26.9. The van der Waals surface area contributed by atoms with Gasteiger partial charge in [-0.2, -0.15) is 4.31 Å². The Labute approximate surface area is 200 Å². The molecule has 1 fully saturated rings. The molecule has 3 rings (SSSR count). The van der Waals surface area contributed by atoms with Gasteiger partial charge < -0.3 is 14.7 Å². The molecular formula is C23H31N5O5S. The number of nitro groups is 1. The Bertz CT molecular complexity index is 1160. The van der Waals surface area contributed by atoms with Crippen molar-refractivity contribution in [1.29, 1.82) is 0 Å². The summed E-state index contributed by atoms with van der Waals surface area (Å²) in [6.45, 7) is 5.62. The lowest BCUT2D eigenvalue weighted by Gasteiger charge is -2.36. The summed E-state index contributed by atoms with van der Waals surface area (Å²) in [7, 11) is 0.00999. The van der Waals surface area contributed by atoms with Crippen LogP contribution < -0.4 is 9.80 Å². The quantitative estimate of drug-likeness (QED) is 0.414. The van der Waals surface area contributed by atoms with Crippen LogP contribution in [0.25, 0.3) is 0 Å². The zero-order valence-corrected chi connectivity index (χ0v) is 20.8. The summed E-state index contributed by atoms with van der Waals surface area (Å²) in [5, 5.41) is 11.8. The van der Waals surface area contributed by atoms with Crippen LogP contribution in [-0.2, 0) is 10.0 Å². The fourth-order valence-corrected chi connectivity index (χ4v) is 5.52. The topological polar surface area (TPSA) is 107 Å². The SMILES string of the molecule is CCN(CC)S(=O)(=O)c1ccc(N2CCN(C(=O)c3cccc(N(C)C)c3)CC2)c([N+](=O)[O-])c1. The normalized spacial score (nSPS) is 14.4. The van der Waals surface area contributed by atoms with Crippen LogP contribution in [0, 0.1) is 10.1 Å². The number of nitro benzene ring substituents is 1. The highest BCUT2D eigenvalue weighted by Crippen LogP contribution is 2.32. The molecule has 0 radical (unpaired) electrons. The third kappa shape index (κ3) is 5.15. The molecule has 0 saturated carbocycles. The lowest BCUT2D eigenvalue weighted by Crippen LogP contribution is -2.49. The van der Waals surface area contributed by atoms with Gasteiger partial charge in [0.05, 0.1) is 9.82 Å². The molecule has 34 heavy (non-hydrogen) atoms. The van der Waals surface area contributed by atoms with Crippen LogP contribution in [-0.4, -0.2) is 81.8 Å². The van der Waals surface area contributed by atoms with Gasteiger partial charge in [0.15, 0.2) is 0 Å². The first-order valence-corrected chi connectivity index (χ1v) is 12.6. The van der Waals surface area contributed by atoms with Crippen molar-refractivity contribution in [2.24, 2.45) is 0 Å². The van der Waals surface area contributed by atoms with Crippen molar-refractivity contribution < 1.29 is 18.1 Å². The van der Waals surface area contributed by atoms with Crippen LogP contribution in [0.1, 0.15) is 24.2 Å². The number of hydrogen-bond donors (Lipinski definition) is 0. The molecule has 1 aliphatic rings. The van der Waals surface area contributed by atoms with Crippen LogP contribution in [0.15, 0.2) is 47.4 Å². The molecule has 1 heterocycles. The van der Waals surface area contributed by atoms with Gasteiger partial charge in [0.25, 0.3) is 11.6 Å². The molecule has 0 bridgehead atoms. The molecule has 10 nitrogen and oxygen atoms in total. The van der Waals surface area contributed by atoms with Crippen LogP contribution in [0.4, 0.5) is 17.1 Å². The van der Waals surface area contributed by atoms with Gasteiger partial charge in [-0.15, -0.1) is 0 Å². The highest BCUT2D eigenvalue weighted by Gasteiger charge is 2.30. The smallest absolute Gasteiger partial charge is 0.293 e. The van der Waals surface area contributed by atoms with Crippen molar-refractivity contribution in [3.8, 4) is 0 Å². The molecular weight excluding hydrogens is 458 g/mol. The van der Waals surface area contributed by atoms with E-state index in [4.69, 9.17) is 0 Å². The second-order valence-electron chi connectivity index (χ2n) is 8.22. The first-order chi connectivity index (χ1) is 16.1. The predicted molar refractivity (Wildman–Crippen MR) is 132 cm³/mol. The molecule has 0 N–H and O–H groups in total. The van der Waals surface area contributed by atoms with E-state index < -0.39 is 14.9 Å². The Morgan fingerprint density at radius 3 is 2.24 bits per heavy atom. The maximum Gasteiger partial charge on any atom is 0.293 e. The Morgan fingerprint density at radius 1 is 1.03 bits per heavy atom. The number of piperazine rings is 1. The van der Waals surface area contributed by atoms with Gasteiger partial charge in [-0.05, 0) is 30.3 Å². The van der Waals surface area contributed by atoms with Gasteiger partial charge in [0, 0.05) is 70.7 Å². The van der Waals surface area contributed by atoms with E-state index in [1.807, 2.05) is 42.1 Å². The largest absolute Gasteiger partial charge is 0.378 e. The molecule has 1 aliphatic heterocycles. The Morgan fingerprint density at radius 2 is 1.68 bits per heavy atom. The summed E-state index contributed by atoms with van der Waals surface area (Å²) >= 11 is 0. The highest BCUT2D eigenvalue weighted by molar-refractivity contribution is 7.89. The fourth-order valence-electron chi connectivity index (χ4n) is 4.04. The van der Waals surface area contributed by atoms with E-state index in [2.05, 4.69) is 0 Å². The lowest BCUT2D eigenvalue weighted by atomic mass is 10.1. The highest BCUT2D eigenvalue weighted by atomic mass is 32.2. The summed E-state index contributed by atoms with van der Waals surface area (Å²) in [4.78, 5) is 29.6. The van der Waals surface area contributed by atoms with E-state index >= 15 is 0 Å². The Balaban J connectivity index is 1.79. The predicted octanol–water partition coefficient (Wildman–Crippen LogP) is 2.65. The van der Waals surface area contributed by atoms with Crippen molar-refractivity contribution >= 4 is 33.0 Å². The molecule has 2 aromatic carbocycles. The van der Waals surface area contributed by atoms with E-state index in [1.165, 1.54) is 16.4 Å². The molecule has 0 unspecified atom stereocenters. The molecule has 0 aliphatic carbocycles. The van der Waals surface area contributed by atoms with E-state index in [0.29, 0.717) is 37.4 Å². The minimum Gasteiger partial charge on any atom is -0.378 e. The molecule has 0 atom stereocenters. The zero-order chi connectivity index (χ0) is 25.0. The first kappa shape index (κ1) is 25.4. The zero-order valence-electron chi connectivity index (χ0n) is 20.0. The number of anilines is 2. The minimum absolute atomic E-state index is 0.0847. The lowest BCUT2D eigenvalue weighted by molar-refractivity contribution is -0.384. The second-order valence-corrected chi connectivity index (χ2v) is 10.2. The van der Waals surface area contributed by atoms with Gasteiger partial charge in [-0.1, -0.05) is 19.9 Å². The number of sulfonamides is 1. The first-order valence-electron chi connectivity index (χ1n) is 11.2. The molecule has 184 valence electrons. The van der Waals surface area contributed by atoms with Gasteiger partial charge in [-0.3, -0.25) is 14.9 Å². The van der Waals surface area contributed by atoms with Gasteiger partial charge in [0.1, 0.15) is 5.69 Å².